The lowest BCUT2D eigenvalue weighted by molar-refractivity contribution is -0.384. The minimum absolute atomic E-state index is 0.132. The van der Waals surface area contributed by atoms with Crippen LogP contribution in [0.3, 0.4) is 0 Å². The van der Waals surface area contributed by atoms with Crippen LogP contribution in [0.1, 0.15) is 5.56 Å². The van der Waals surface area contributed by atoms with Crippen molar-refractivity contribution in [2.75, 3.05) is 0 Å². The fourth-order valence-corrected chi connectivity index (χ4v) is 1.20. The molecule has 0 aliphatic carbocycles. The number of hydrogen-bond donors (Lipinski definition) is 0. The Morgan fingerprint density at radius 2 is 2.31 bits per heavy atom. The van der Waals surface area contributed by atoms with Crippen molar-refractivity contribution in [3.8, 4) is 11.8 Å². The third kappa shape index (κ3) is 1.59. The van der Waals surface area contributed by atoms with E-state index in [0.717, 1.165) is 6.20 Å². The molecule has 0 aromatic carbocycles. The number of aromatic nitrogens is 3. The number of pyridine rings is 1. The Morgan fingerprint density at radius 1 is 1.50 bits per heavy atom. The van der Waals surface area contributed by atoms with Crippen LogP contribution in [0, 0.1) is 21.4 Å². The third-order valence-corrected chi connectivity index (χ3v) is 1.95. The van der Waals surface area contributed by atoms with Crippen molar-refractivity contribution in [1.82, 2.24) is 14.8 Å². The van der Waals surface area contributed by atoms with Crippen LogP contribution in [-0.2, 0) is 0 Å². The van der Waals surface area contributed by atoms with Crippen LogP contribution < -0.4 is 0 Å². The Kier molecular flexibility index (Phi) is 2.31. The predicted molar refractivity (Wildman–Crippen MR) is 52.7 cm³/mol. The average Bonchev–Trinajstić information content (AvgIpc) is 2.78. The first-order chi connectivity index (χ1) is 7.72. The summed E-state index contributed by atoms with van der Waals surface area (Å²) in [5, 5.41) is 23.1. The topological polar surface area (TPSA) is 97.6 Å². The van der Waals surface area contributed by atoms with Crippen molar-refractivity contribution in [1.29, 1.82) is 5.26 Å². The normalized spacial score (nSPS) is 9.69. The molecule has 7 heteroatoms. The van der Waals surface area contributed by atoms with Gasteiger partial charge in [-0.15, -0.1) is 0 Å². The Morgan fingerprint density at radius 3 is 2.94 bits per heavy atom. The van der Waals surface area contributed by atoms with E-state index in [9.17, 15) is 10.1 Å². The van der Waals surface area contributed by atoms with Gasteiger partial charge in [0.2, 0.25) is 0 Å². The van der Waals surface area contributed by atoms with Crippen LogP contribution in [0.25, 0.3) is 5.69 Å². The highest BCUT2D eigenvalue weighted by Gasteiger charge is 2.12. The molecule has 78 valence electrons. The van der Waals surface area contributed by atoms with Gasteiger partial charge in [-0.1, -0.05) is 0 Å². The van der Waals surface area contributed by atoms with Gasteiger partial charge < -0.3 is 0 Å². The first kappa shape index (κ1) is 9.79. The second-order valence-electron chi connectivity index (χ2n) is 2.90. The minimum Gasteiger partial charge on any atom is -0.262 e. The first-order valence-electron chi connectivity index (χ1n) is 4.26. The van der Waals surface area contributed by atoms with Crippen LogP contribution >= 0.6 is 0 Å². The lowest BCUT2D eigenvalue weighted by Crippen LogP contribution is -1.98. The average molecular weight is 215 g/mol. The Hall–Kier alpha value is -2.75. The summed E-state index contributed by atoms with van der Waals surface area (Å²) in [4.78, 5) is 13.8. The summed E-state index contributed by atoms with van der Waals surface area (Å²) in [6.07, 6.45) is 5.25. The van der Waals surface area contributed by atoms with E-state index in [-0.39, 0.29) is 5.69 Å². The van der Waals surface area contributed by atoms with E-state index in [1.54, 1.807) is 0 Å². The molecule has 2 aromatic rings. The Labute approximate surface area is 89.7 Å². The number of nitro groups is 1. The summed E-state index contributed by atoms with van der Waals surface area (Å²) >= 11 is 0. The molecule has 0 N–H and O–H groups in total. The van der Waals surface area contributed by atoms with Crippen LogP contribution in [-0.4, -0.2) is 19.7 Å². The van der Waals surface area contributed by atoms with E-state index in [1.807, 2.05) is 6.07 Å². The zero-order chi connectivity index (χ0) is 11.5. The van der Waals surface area contributed by atoms with E-state index in [1.165, 1.54) is 29.3 Å². The van der Waals surface area contributed by atoms with E-state index >= 15 is 0 Å². The summed E-state index contributed by atoms with van der Waals surface area (Å²) in [5.74, 6) is 0. The van der Waals surface area contributed by atoms with Gasteiger partial charge in [0.05, 0.1) is 16.7 Å². The van der Waals surface area contributed by atoms with Gasteiger partial charge in [-0.25, -0.2) is 4.68 Å². The number of nitriles is 1. The highest BCUT2D eigenvalue weighted by molar-refractivity contribution is 5.46. The predicted octanol–water partition coefficient (Wildman–Crippen LogP) is 1.05. The number of hydrogen-bond acceptors (Lipinski definition) is 5. The molecule has 0 saturated carbocycles. The molecule has 0 radical (unpaired) electrons. The van der Waals surface area contributed by atoms with Crippen molar-refractivity contribution in [2.24, 2.45) is 0 Å². The lowest BCUT2D eigenvalue weighted by Gasteiger charge is -2.00. The van der Waals surface area contributed by atoms with Gasteiger partial charge in [0.1, 0.15) is 24.2 Å². The van der Waals surface area contributed by atoms with Gasteiger partial charge in [0.25, 0.3) is 0 Å². The molecule has 0 unspecified atom stereocenters. The highest BCUT2D eigenvalue weighted by Crippen LogP contribution is 2.15. The minimum atomic E-state index is -0.550. The second-order valence-corrected chi connectivity index (χ2v) is 2.90. The molecule has 7 nitrogen and oxygen atoms in total. The summed E-state index contributed by atoms with van der Waals surface area (Å²) < 4.78 is 1.25. The zero-order valence-corrected chi connectivity index (χ0v) is 7.94. The molecule has 2 heterocycles. The van der Waals surface area contributed by atoms with Crippen molar-refractivity contribution < 1.29 is 4.92 Å². The van der Waals surface area contributed by atoms with Gasteiger partial charge in [0.15, 0.2) is 0 Å². The molecular weight excluding hydrogens is 210 g/mol. The van der Waals surface area contributed by atoms with Crippen LogP contribution in [0.5, 0.6) is 0 Å². The van der Waals surface area contributed by atoms with Crippen LogP contribution in [0.4, 0.5) is 5.69 Å². The molecule has 2 aromatic heterocycles. The number of nitrogens with zero attached hydrogens (tertiary/aromatic N) is 5. The quantitative estimate of drug-likeness (QED) is 0.550. The molecule has 0 aliphatic heterocycles. The summed E-state index contributed by atoms with van der Waals surface area (Å²) in [5.41, 5.74) is 0.638. The van der Waals surface area contributed by atoms with E-state index in [0.29, 0.717) is 11.3 Å². The summed E-state index contributed by atoms with van der Waals surface area (Å²) in [6.45, 7) is 0. The fraction of sp³-hybridized carbons (Fsp3) is 0. The molecule has 16 heavy (non-hydrogen) atoms. The van der Waals surface area contributed by atoms with Crippen molar-refractivity contribution in [2.45, 2.75) is 0 Å². The molecular formula is C9H5N5O2. The molecule has 0 saturated heterocycles. The maximum Gasteiger partial charge on any atom is 0.307 e. The maximum atomic E-state index is 10.5. The van der Waals surface area contributed by atoms with Gasteiger partial charge in [-0.05, 0) is 6.07 Å². The monoisotopic (exact) mass is 215 g/mol. The SMILES string of the molecule is N#Cc1ccncc1-n1cc([N+](=O)[O-])cn1. The van der Waals surface area contributed by atoms with Crippen molar-refractivity contribution in [3.63, 3.8) is 0 Å². The summed E-state index contributed by atoms with van der Waals surface area (Å²) in [6, 6.07) is 3.48. The largest absolute Gasteiger partial charge is 0.307 e. The maximum absolute atomic E-state index is 10.5. The standard InChI is InChI=1S/C9H5N5O2/c10-3-7-1-2-11-5-9(7)13-6-8(4-12-13)14(15)16/h1-2,4-6H. The molecule has 0 spiro atoms. The molecule has 0 aliphatic rings. The van der Waals surface area contributed by atoms with Gasteiger partial charge in [-0.3, -0.25) is 15.1 Å². The zero-order valence-electron chi connectivity index (χ0n) is 7.94. The van der Waals surface area contributed by atoms with Crippen LogP contribution in [0.2, 0.25) is 0 Å². The summed E-state index contributed by atoms with van der Waals surface area (Å²) in [7, 11) is 0. The van der Waals surface area contributed by atoms with Gasteiger partial charge >= 0.3 is 5.69 Å². The highest BCUT2D eigenvalue weighted by atomic mass is 16.6. The first-order valence-corrected chi connectivity index (χ1v) is 4.26. The van der Waals surface area contributed by atoms with Gasteiger partial charge in [0, 0.05) is 6.20 Å². The third-order valence-electron chi connectivity index (χ3n) is 1.95. The molecule has 0 fully saturated rings. The fourth-order valence-electron chi connectivity index (χ4n) is 1.20. The smallest absolute Gasteiger partial charge is 0.262 e. The molecule has 0 atom stereocenters. The Bertz CT molecular complexity index is 584. The Balaban J connectivity index is 2.51. The van der Waals surface area contributed by atoms with E-state index < -0.39 is 4.92 Å². The van der Waals surface area contributed by atoms with Crippen molar-refractivity contribution >= 4 is 5.69 Å². The van der Waals surface area contributed by atoms with Crippen LogP contribution in [0.15, 0.2) is 30.9 Å². The van der Waals surface area contributed by atoms with E-state index in [4.69, 9.17) is 5.26 Å². The molecule has 0 amide bonds. The molecule has 0 bridgehead atoms. The second kappa shape index (κ2) is 3.78. The van der Waals surface area contributed by atoms with E-state index in [2.05, 4.69) is 10.1 Å². The van der Waals surface area contributed by atoms with Gasteiger partial charge in [-0.2, -0.15) is 10.4 Å². The molecule has 2 rings (SSSR count). The lowest BCUT2D eigenvalue weighted by atomic mass is 10.2. The van der Waals surface area contributed by atoms with Crippen molar-refractivity contribution in [3.05, 3.63) is 46.5 Å². The number of rotatable bonds is 2.